The van der Waals surface area contributed by atoms with Crippen LogP contribution in [0.4, 0.5) is 0 Å². The molecule has 0 saturated carbocycles. The van der Waals surface area contributed by atoms with Gasteiger partial charge in [0.15, 0.2) is 5.05 Å². The molecule has 0 saturated heterocycles. The molecule has 0 amide bonds. The van der Waals surface area contributed by atoms with E-state index in [1.165, 1.54) is 44.1 Å². The van der Waals surface area contributed by atoms with E-state index in [9.17, 15) is 0 Å². The van der Waals surface area contributed by atoms with E-state index < -0.39 is 0 Å². The summed E-state index contributed by atoms with van der Waals surface area (Å²) >= 11 is 5.46. The molecule has 158 valence electrons. The molecule has 2 aromatic carbocycles. The van der Waals surface area contributed by atoms with Crippen molar-refractivity contribution in [1.29, 1.82) is 0 Å². The standard InChI is InChI=1S/C26H36O2S/c1-4-6-7-8-9-10-19-27-24-17-13-23(14-18-24)26(29)28-25-15-11-22(12-16-25)20-21(3)5-2/h11-18,21H,4-10,19-20H2,1-3H3/t21-/m0/s1. The second-order valence-corrected chi connectivity index (χ2v) is 8.26. The quantitative estimate of drug-likeness (QED) is 0.247. The maximum absolute atomic E-state index is 5.86. The van der Waals surface area contributed by atoms with Gasteiger partial charge >= 0.3 is 0 Å². The second kappa shape index (κ2) is 13.4. The van der Waals surface area contributed by atoms with Crippen LogP contribution >= 0.6 is 12.2 Å². The largest absolute Gasteiger partial charge is 0.494 e. The minimum atomic E-state index is 0.488. The lowest BCUT2D eigenvalue weighted by atomic mass is 9.99. The third-order valence-electron chi connectivity index (χ3n) is 5.27. The molecule has 0 spiro atoms. The van der Waals surface area contributed by atoms with Crippen molar-refractivity contribution in [3.05, 3.63) is 59.7 Å². The van der Waals surface area contributed by atoms with Gasteiger partial charge in [-0.1, -0.05) is 71.4 Å². The highest BCUT2D eigenvalue weighted by atomic mass is 32.1. The highest BCUT2D eigenvalue weighted by Crippen LogP contribution is 2.19. The fourth-order valence-electron chi connectivity index (χ4n) is 3.17. The predicted molar refractivity (Wildman–Crippen MR) is 127 cm³/mol. The van der Waals surface area contributed by atoms with Crippen LogP contribution in [0.3, 0.4) is 0 Å². The van der Waals surface area contributed by atoms with Gasteiger partial charge < -0.3 is 9.47 Å². The summed E-state index contributed by atoms with van der Waals surface area (Å²) in [6.07, 6.45) is 9.92. The van der Waals surface area contributed by atoms with E-state index in [1.54, 1.807) is 0 Å². The first-order valence-corrected chi connectivity index (χ1v) is 11.6. The first kappa shape index (κ1) is 23.4. The molecule has 0 fully saturated rings. The highest BCUT2D eigenvalue weighted by Gasteiger charge is 2.06. The van der Waals surface area contributed by atoms with Crippen molar-refractivity contribution in [1.82, 2.24) is 0 Å². The van der Waals surface area contributed by atoms with Gasteiger partial charge in [-0.05, 0) is 72.9 Å². The third kappa shape index (κ3) is 8.99. The Bertz CT molecular complexity index is 706. The van der Waals surface area contributed by atoms with Crippen molar-refractivity contribution in [3.8, 4) is 11.5 Å². The van der Waals surface area contributed by atoms with Crippen LogP contribution in [0, 0.1) is 5.92 Å². The second-order valence-electron chi connectivity index (χ2n) is 7.89. The first-order chi connectivity index (χ1) is 14.1. The molecule has 29 heavy (non-hydrogen) atoms. The molecule has 0 aliphatic heterocycles. The molecule has 2 rings (SSSR count). The molecule has 0 bridgehead atoms. The number of thiocarbonyl (C=S) groups is 1. The van der Waals surface area contributed by atoms with Crippen molar-refractivity contribution in [2.45, 2.75) is 72.1 Å². The van der Waals surface area contributed by atoms with Crippen LogP contribution in [0.1, 0.15) is 76.8 Å². The van der Waals surface area contributed by atoms with Gasteiger partial charge in [0.2, 0.25) is 0 Å². The third-order valence-corrected chi connectivity index (χ3v) is 5.59. The van der Waals surface area contributed by atoms with E-state index in [2.05, 4.69) is 32.9 Å². The van der Waals surface area contributed by atoms with E-state index in [4.69, 9.17) is 21.7 Å². The van der Waals surface area contributed by atoms with Crippen LogP contribution in [-0.2, 0) is 6.42 Å². The summed E-state index contributed by atoms with van der Waals surface area (Å²) in [5.41, 5.74) is 2.24. The van der Waals surface area contributed by atoms with Crippen molar-refractivity contribution in [2.24, 2.45) is 5.92 Å². The maximum atomic E-state index is 5.86. The Morgan fingerprint density at radius 3 is 2.10 bits per heavy atom. The number of unbranched alkanes of at least 4 members (excludes halogenated alkanes) is 5. The van der Waals surface area contributed by atoms with Crippen LogP contribution in [0.15, 0.2) is 48.5 Å². The molecule has 0 aliphatic rings. The predicted octanol–water partition coefficient (Wildman–Crippen LogP) is 7.77. The fraction of sp³-hybridized carbons (Fsp3) is 0.500. The van der Waals surface area contributed by atoms with Gasteiger partial charge in [0.1, 0.15) is 11.5 Å². The molecule has 0 unspecified atom stereocenters. The van der Waals surface area contributed by atoms with Crippen molar-refractivity contribution < 1.29 is 9.47 Å². The van der Waals surface area contributed by atoms with Gasteiger partial charge in [0.05, 0.1) is 6.61 Å². The molecule has 0 aliphatic carbocycles. The average Bonchev–Trinajstić information content (AvgIpc) is 2.74. The van der Waals surface area contributed by atoms with Gasteiger partial charge in [-0.15, -0.1) is 0 Å². The molecule has 2 aromatic rings. The molecular weight excluding hydrogens is 376 g/mol. The Morgan fingerprint density at radius 2 is 1.45 bits per heavy atom. The Hall–Kier alpha value is -1.87. The minimum absolute atomic E-state index is 0.488. The molecule has 2 nitrogen and oxygen atoms in total. The van der Waals surface area contributed by atoms with Gasteiger partial charge in [-0.2, -0.15) is 0 Å². The smallest absolute Gasteiger partial charge is 0.198 e. The molecule has 0 aromatic heterocycles. The Kier molecular flexibility index (Phi) is 10.8. The van der Waals surface area contributed by atoms with Gasteiger partial charge in [0.25, 0.3) is 0 Å². The van der Waals surface area contributed by atoms with Gasteiger partial charge in [0, 0.05) is 5.56 Å². The topological polar surface area (TPSA) is 18.5 Å². The van der Waals surface area contributed by atoms with Gasteiger partial charge in [-0.3, -0.25) is 0 Å². The van der Waals surface area contributed by atoms with E-state index in [1.807, 2.05) is 36.4 Å². The number of hydrogen-bond acceptors (Lipinski definition) is 3. The zero-order valence-corrected chi connectivity index (χ0v) is 19.1. The molecule has 0 heterocycles. The summed E-state index contributed by atoms with van der Waals surface area (Å²) in [6, 6.07) is 16.1. The van der Waals surface area contributed by atoms with Gasteiger partial charge in [-0.25, -0.2) is 0 Å². The average molecular weight is 413 g/mol. The number of ether oxygens (including phenoxy) is 2. The van der Waals surface area contributed by atoms with E-state index >= 15 is 0 Å². The lowest BCUT2D eigenvalue weighted by Gasteiger charge is -2.11. The summed E-state index contributed by atoms with van der Waals surface area (Å²) in [5, 5.41) is 0.488. The summed E-state index contributed by atoms with van der Waals surface area (Å²) in [6.45, 7) is 7.52. The molecule has 0 N–H and O–H groups in total. The maximum Gasteiger partial charge on any atom is 0.198 e. The summed E-state index contributed by atoms with van der Waals surface area (Å²) in [5.74, 6) is 2.37. The summed E-state index contributed by atoms with van der Waals surface area (Å²) < 4.78 is 11.7. The lowest BCUT2D eigenvalue weighted by molar-refractivity contribution is 0.304. The Morgan fingerprint density at radius 1 is 0.828 bits per heavy atom. The van der Waals surface area contributed by atoms with E-state index in [0.29, 0.717) is 11.0 Å². The fourth-order valence-corrected chi connectivity index (χ4v) is 3.40. The van der Waals surface area contributed by atoms with Crippen LogP contribution in [0.2, 0.25) is 0 Å². The molecule has 3 heteroatoms. The Balaban J connectivity index is 1.75. The number of benzene rings is 2. The molecular formula is C26H36O2S. The van der Waals surface area contributed by atoms with Crippen LogP contribution in [0.25, 0.3) is 0 Å². The number of hydrogen-bond donors (Lipinski definition) is 0. The summed E-state index contributed by atoms with van der Waals surface area (Å²) in [4.78, 5) is 0. The lowest BCUT2D eigenvalue weighted by Crippen LogP contribution is -2.07. The van der Waals surface area contributed by atoms with Crippen molar-refractivity contribution in [3.63, 3.8) is 0 Å². The SMILES string of the molecule is CCCCCCCCOc1ccc(C(=S)Oc2ccc(C[C@@H](C)CC)cc2)cc1. The minimum Gasteiger partial charge on any atom is -0.494 e. The zero-order chi connectivity index (χ0) is 20.9. The van der Waals surface area contributed by atoms with Crippen molar-refractivity contribution >= 4 is 17.3 Å². The highest BCUT2D eigenvalue weighted by molar-refractivity contribution is 7.80. The van der Waals surface area contributed by atoms with Crippen LogP contribution in [0.5, 0.6) is 11.5 Å². The van der Waals surface area contributed by atoms with Crippen molar-refractivity contribution in [2.75, 3.05) is 6.61 Å². The molecule has 1 atom stereocenters. The Labute approximate surface area is 182 Å². The summed E-state index contributed by atoms with van der Waals surface area (Å²) in [7, 11) is 0. The molecule has 0 radical (unpaired) electrons. The zero-order valence-electron chi connectivity index (χ0n) is 18.3. The monoisotopic (exact) mass is 412 g/mol. The van der Waals surface area contributed by atoms with Crippen LogP contribution in [-0.4, -0.2) is 11.7 Å². The van der Waals surface area contributed by atoms with E-state index in [0.717, 1.165) is 36.5 Å². The normalized spacial score (nSPS) is 11.8. The number of rotatable bonds is 13. The van der Waals surface area contributed by atoms with Crippen LogP contribution < -0.4 is 9.47 Å². The van der Waals surface area contributed by atoms with E-state index in [-0.39, 0.29) is 0 Å². The first-order valence-electron chi connectivity index (χ1n) is 11.2.